The number of hydrogen-bond acceptors (Lipinski definition) is 3. The predicted octanol–water partition coefficient (Wildman–Crippen LogP) is 2.57. The molecule has 2 saturated heterocycles. The highest BCUT2D eigenvalue weighted by atomic mass is 16.6. The van der Waals surface area contributed by atoms with Crippen molar-refractivity contribution in [3.63, 3.8) is 0 Å². The highest BCUT2D eigenvalue weighted by Gasteiger charge is 2.52. The SMILES string of the molecule is C[C@@H](C#N)CC1CC[C@@H]2O[C@H]3CC=CC2(C3)O1. The molecule has 1 aliphatic carbocycles. The van der Waals surface area contributed by atoms with Gasteiger partial charge < -0.3 is 9.47 Å². The van der Waals surface area contributed by atoms with Crippen LogP contribution in [0.25, 0.3) is 0 Å². The van der Waals surface area contributed by atoms with Gasteiger partial charge in [-0.3, -0.25) is 0 Å². The predicted molar refractivity (Wildman–Crippen MR) is 63.3 cm³/mol. The Bertz CT molecular complexity index is 373. The number of fused-ring (bicyclic) bond motifs is 1. The van der Waals surface area contributed by atoms with Crippen LogP contribution in [-0.4, -0.2) is 23.9 Å². The smallest absolute Gasteiger partial charge is 0.115 e. The maximum Gasteiger partial charge on any atom is 0.115 e. The van der Waals surface area contributed by atoms with E-state index < -0.39 is 0 Å². The summed E-state index contributed by atoms with van der Waals surface area (Å²) in [6, 6.07) is 2.30. The topological polar surface area (TPSA) is 42.2 Å². The first-order valence-electron chi connectivity index (χ1n) is 6.62. The van der Waals surface area contributed by atoms with Gasteiger partial charge in [0.15, 0.2) is 0 Å². The summed E-state index contributed by atoms with van der Waals surface area (Å²) in [7, 11) is 0. The Hall–Kier alpha value is -0.850. The summed E-state index contributed by atoms with van der Waals surface area (Å²) >= 11 is 0. The van der Waals surface area contributed by atoms with E-state index in [-0.39, 0.29) is 23.7 Å². The van der Waals surface area contributed by atoms with Gasteiger partial charge >= 0.3 is 0 Å². The van der Waals surface area contributed by atoms with Crippen molar-refractivity contribution in [3.8, 4) is 6.07 Å². The zero-order valence-corrected chi connectivity index (χ0v) is 10.3. The third kappa shape index (κ3) is 1.90. The largest absolute Gasteiger partial charge is 0.371 e. The second kappa shape index (κ2) is 4.12. The quantitative estimate of drug-likeness (QED) is 0.688. The molecular weight excluding hydrogens is 214 g/mol. The second-order valence-corrected chi connectivity index (χ2v) is 5.63. The Morgan fingerprint density at radius 3 is 3.24 bits per heavy atom. The van der Waals surface area contributed by atoms with Crippen molar-refractivity contribution in [2.75, 3.05) is 0 Å². The van der Waals surface area contributed by atoms with Gasteiger partial charge in [0.1, 0.15) is 5.60 Å². The van der Waals surface area contributed by atoms with Crippen molar-refractivity contribution < 1.29 is 9.47 Å². The number of hydrogen-bond donors (Lipinski definition) is 0. The summed E-state index contributed by atoms with van der Waals surface area (Å²) < 4.78 is 12.3. The molecule has 17 heavy (non-hydrogen) atoms. The van der Waals surface area contributed by atoms with Gasteiger partial charge in [-0.05, 0) is 32.6 Å². The lowest BCUT2D eigenvalue weighted by Crippen LogP contribution is -2.47. The molecule has 3 nitrogen and oxygen atoms in total. The van der Waals surface area contributed by atoms with Crippen LogP contribution in [0.15, 0.2) is 12.2 Å². The average Bonchev–Trinajstić information content (AvgIpc) is 2.58. The van der Waals surface area contributed by atoms with Gasteiger partial charge in [-0.25, -0.2) is 0 Å². The Morgan fingerprint density at radius 1 is 1.53 bits per heavy atom. The van der Waals surface area contributed by atoms with E-state index in [0.717, 1.165) is 32.1 Å². The minimum atomic E-state index is -0.166. The molecule has 2 heterocycles. The Balaban J connectivity index is 1.72. The van der Waals surface area contributed by atoms with Crippen LogP contribution in [-0.2, 0) is 9.47 Å². The molecule has 0 N–H and O–H groups in total. The third-order valence-corrected chi connectivity index (χ3v) is 4.22. The molecule has 1 spiro atoms. The lowest BCUT2D eigenvalue weighted by Gasteiger charge is -2.41. The fourth-order valence-corrected chi connectivity index (χ4v) is 3.41. The van der Waals surface area contributed by atoms with E-state index in [9.17, 15) is 0 Å². The van der Waals surface area contributed by atoms with Crippen molar-refractivity contribution in [1.82, 2.24) is 0 Å². The van der Waals surface area contributed by atoms with E-state index in [1.807, 2.05) is 6.92 Å². The van der Waals surface area contributed by atoms with Crippen LogP contribution in [0, 0.1) is 17.2 Å². The van der Waals surface area contributed by atoms with Gasteiger partial charge in [0.05, 0.1) is 24.4 Å². The van der Waals surface area contributed by atoms with E-state index in [2.05, 4.69) is 18.2 Å². The normalized spacial score (nSPS) is 45.1. The van der Waals surface area contributed by atoms with E-state index in [1.54, 1.807) is 0 Å². The van der Waals surface area contributed by atoms with Crippen molar-refractivity contribution in [1.29, 1.82) is 5.26 Å². The Morgan fingerprint density at radius 2 is 2.41 bits per heavy atom. The number of nitrogens with zero attached hydrogens (tertiary/aromatic N) is 1. The molecule has 0 amide bonds. The number of rotatable bonds is 2. The van der Waals surface area contributed by atoms with Crippen molar-refractivity contribution in [2.24, 2.45) is 5.92 Å². The molecule has 3 rings (SSSR count). The first-order chi connectivity index (χ1) is 8.22. The molecular formula is C14H19NO2. The minimum absolute atomic E-state index is 0.0821. The molecule has 0 radical (unpaired) electrons. The highest BCUT2D eigenvalue weighted by Crippen LogP contribution is 2.46. The van der Waals surface area contributed by atoms with Crippen molar-refractivity contribution in [3.05, 3.63) is 12.2 Å². The van der Waals surface area contributed by atoms with E-state index in [4.69, 9.17) is 14.7 Å². The van der Waals surface area contributed by atoms with Gasteiger partial charge in [0.2, 0.25) is 0 Å². The number of nitriles is 1. The highest BCUT2D eigenvalue weighted by molar-refractivity contribution is 5.18. The van der Waals surface area contributed by atoms with E-state index in [1.165, 1.54) is 0 Å². The maximum absolute atomic E-state index is 8.88. The molecule has 2 bridgehead atoms. The van der Waals surface area contributed by atoms with Gasteiger partial charge in [-0.2, -0.15) is 5.26 Å². The van der Waals surface area contributed by atoms with Crippen LogP contribution >= 0.6 is 0 Å². The molecule has 2 fully saturated rings. The lowest BCUT2D eigenvalue weighted by atomic mass is 9.82. The van der Waals surface area contributed by atoms with Crippen LogP contribution in [0.1, 0.15) is 39.0 Å². The van der Waals surface area contributed by atoms with Crippen molar-refractivity contribution >= 4 is 0 Å². The minimum Gasteiger partial charge on any atom is -0.371 e. The summed E-state index contributed by atoms with van der Waals surface area (Å²) in [5.74, 6) is 0.0821. The zero-order valence-electron chi connectivity index (χ0n) is 10.3. The van der Waals surface area contributed by atoms with Gasteiger partial charge in [0, 0.05) is 12.3 Å². The molecule has 2 aliphatic heterocycles. The first kappa shape index (κ1) is 11.3. The molecule has 3 aliphatic rings. The molecule has 3 heteroatoms. The fraction of sp³-hybridized carbons (Fsp3) is 0.786. The third-order valence-electron chi connectivity index (χ3n) is 4.22. The summed E-state index contributed by atoms with van der Waals surface area (Å²) in [4.78, 5) is 0. The fourth-order valence-electron chi connectivity index (χ4n) is 3.41. The molecule has 0 saturated carbocycles. The lowest BCUT2D eigenvalue weighted by molar-refractivity contribution is -0.142. The summed E-state index contributed by atoms with van der Waals surface area (Å²) in [5.41, 5.74) is -0.166. The molecule has 2 unspecified atom stereocenters. The second-order valence-electron chi connectivity index (χ2n) is 5.63. The summed E-state index contributed by atoms with van der Waals surface area (Å²) in [6.45, 7) is 1.97. The van der Waals surface area contributed by atoms with Crippen LogP contribution < -0.4 is 0 Å². The van der Waals surface area contributed by atoms with E-state index in [0.29, 0.717) is 6.10 Å². The Kier molecular flexibility index (Phi) is 2.72. The van der Waals surface area contributed by atoms with Crippen molar-refractivity contribution in [2.45, 2.75) is 62.9 Å². The number of ether oxygens (including phenoxy) is 2. The molecule has 0 aromatic rings. The Labute approximate surface area is 102 Å². The van der Waals surface area contributed by atoms with Gasteiger partial charge in [-0.1, -0.05) is 12.2 Å². The monoisotopic (exact) mass is 233 g/mol. The van der Waals surface area contributed by atoms with Gasteiger partial charge in [0.25, 0.3) is 0 Å². The molecule has 0 aromatic heterocycles. The molecule has 5 atom stereocenters. The molecule has 92 valence electrons. The maximum atomic E-state index is 8.88. The standard InChI is InChI=1S/C14H19NO2/c1-10(9-15)7-11-4-5-13-14(17-11)6-2-3-12(8-14)16-13/h2,6,10-13H,3-5,7-8H2,1H3/t10-,11?,12+,13+,14?/m1/s1. The average molecular weight is 233 g/mol. The zero-order chi connectivity index (χ0) is 11.9. The van der Waals surface area contributed by atoms with Crippen LogP contribution in [0.4, 0.5) is 0 Å². The summed E-state index contributed by atoms with van der Waals surface area (Å²) in [5, 5.41) is 8.88. The van der Waals surface area contributed by atoms with Crippen LogP contribution in [0.2, 0.25) is 0 Å². The van der Waals surface area contributed by atoms with Crippen LogP contribution in [0.3, 0.4) is 0 Å². The van der Waals surface area contributed by atoms with E-state index >= 15 is 0 Å². The molecule has 0 aromatic carbocycles. The van der Waals surface area contributed by atoms with Crippen LogP contribution in [0.5, 0.6) is 0 Å². The van der Waals surface area contributed by atoms with Gasteiger partial charge in [-0.15, -0.1) is 0 Å². The summed E-state index contributed by atoms with van der Waals surface area (Å²) in [6.07, 6.45) is 10.2. The first-order valence-corrected chi connectivity index (χ1v) is 6.62.